The highest BCUT2D eigenvalue weighted by Gasteiger charge is 2.34. The molecule has 30 heavy (non-hydrogen) atoms. The largest absolute Gasteiger partial charge is 0.369 e. The zero-order valence-corrected chi connectivity index (χ0v) is 17.1. The first-order chi connectivity index (χ1) is 14.2. The van der Waals surface area contributed by atoms with E-state index in [0.29, 0.717) is 33.7 Å². The van der Waals surface area contributed by atoms with Crippen molar-refractivity contribution in [1.82, 2.24) is 14.5 Å². The smallest absolute Gasteiger partial charge is 0.264 e. The second kappa shape index (κ2) is 7.43. The van der Waals surface area contributed by atoms with E-state index in [-0.39, 0.29) is 16.7 Å². The molecule has 8 heteroatoms. The number of pyridine rings is 1. The quantitative estimate of drug-likeness (QED) is 0.607. The zero-order chi connectivity index (χ0) is 21.6. The molecule has 1 fully saturated rings. The Balaban J connectivity index is 1.78. The van der Waals surface area contributed by atoms with Crippen LogP contribution in [0.3, 0.4) is 0 Å². The summed E-state index contributed by atoms with van der Waals surface area (Å²) in [5, 5.41) is 14.3. The van der Waals surface area contributed by atoms with Crippen LogP contribution in [0.25, 0.3) is 10.9 Å². The minimum absolute atomic E-state index is 0.121. The van der Waals surface area contributed by atoms with E-state index < -0.39 is 12.7 Å². The van der Waals surface area contributed by atoms with Crippen molar-refractivity contribution in [2.45, 2.75) is 58.2 Å². The number of aliphatic hydroxyl groups is 1. The van der Waals surface area contributed by atoms with Gasteiger partial charge in [0.2, 0.25) is 0 Å². The highest BCUT2D eigenvalue weighted by molar-refractivity contribution is 5.88. The van der Waals surface area contributed by atoms with Crippen LogP contribution in [0.15, 0.2) is 35.3 Å². The molecule has 1 aromatic carbocycles. The van der Waals surface area contributed by atoms with Crippen LogP contribution >= 0.6 is 0 Å². The van der Waals surface area contributed by atoms with Gasteiger partial charge in [-0.05, 0) is 45.6 Å². The van der Waals surface area contributed by atoms with Gasteiger partial charge in [-0.2, -0.15) is 0 Å². The number of halogens is 2. The lowest BCUT2D eigenvalue weighted by molar-refractivity contribution is 0.149. The van der Waals surface area contributed by atoms with Gasteiger partial charge in [0, 0.05) is 28.9 Å². The van der Waals surface area contributed by atoms with E-state index in [1.54, 1.807) is 30.7 Å². The molecule has 0 radical (unpaired) electrons. The lowest BCUT2D eigenvalue weighted by Crippen LogP contribution is -2.43. The molecule has 6 nitrogen and oxygen atoms in total. The van der Waals surface area contributed by atoms with E-state index in [9.17, 15) is 18.7 Å². The van der Waals surface area contributed by atoms with Gasteiger partial charge in [0.1, 0.15) is 11.6 Å². The summed E-state index contributed by atoms with van der Waals surface area (Å²) in [7, 11) is 0. The normalized spacial score (nSPS) is 16.5. The number of fused-ring (bicyclic) bond motifs is 1. The van der Waals surface area contributed by atoms with Crippen LogP contribution in [0, 0.1) is 13.8 Å². The number of hydrogen-bond donors (Lipinski definition) is 2. The molecular formula is C22H24F2N4O2. The molecule has 4 rings (SSSR count). The third-order valence-electron chi connectivity index (χ3n) is 6.08. The molecule has 2 N–H and O–H groups in total. The highest BCUT2D eigenvalue weighted by Crippen LogP contribution is 2.38. The predicted octanol–water partition coefficient (Wildman–Crippen LogP) is 4.35. The molecule has 1 aliphatic rings. The molecule has 1 aliphatic carbocycles. The number of alkyl halides is 2. The van der Waals surface area contributed by atoms with Gasteiger partial charge in [0.15, 0.2) is 6.23 Å². The number of aliphatic hydroxyl groups excluding tert-OH is 1. The van der Waals surface area contributed by atoms with Gasteiger partial charge >= 0.3 is 0 Å². The fourth-order valence-corrected chi connectivity index (χ4v) is 4.09. The molecule has 0 saturated heterocycles. The summed E-state index contributed by atoms with van der Waals surface area (Å²) in [6.07, 6.45) is 0.743. The summed E-state index contributed by atoms with van der Waals surface area (Å²) in [4.78, 5) is 21.4. The van der Waals surface area contributed by atoms with Crippen molar-refractivity contribution in [2.75, 3.05) is 5.32 Å². The molecule has 0 bridgehead atoms. The Hall–Kier alpha value is -2.87. The Morgan fingerprint density at radius 2 is 1.90 bits per heavy atom. The van der Waals surface area contributed by atoms with Crippen molar-refractivity contribution in [3.05, 3.63) is 63.3 Å². The Labute approximate surface area is 172 Å². The second-order valence-electron chi connectivity index (χ2n) is 8.16. The number of hydrogen-bond acceptors (Lipinski definition) is 5. The van der Waals surface area contributed by atoms with E-state index in [2.05, 4.69) is 15.3 Å². The van der Waals surface area contributed by atoms with Gasteiger partial charge in [-0.1, -0.05) is 18.2 Å². The van der Waals surface area contributed by atoms with E-state index in [0.717, 1.165) is 19.3 Å². The molecular weight excluding hydrogens is 390 g/mol. The van der Waals surface area contributed by atoms with Crippen LogP contribution in [0.2, 0.25) is 0 Å². The van der Waals surface area contributed by atoms with Gasteiger partial charge in [-0.15, -0.1) is 0 Å². The van der Waals surface area contributed by atoms with Crippen molar-refractivity contribution in [3.63, 3.8) is 0 Å². The SMILES string of the molecule is Cc1nc(N[C@H](O)c2cccc(C(F)F)c2C)c2cn(C3(C)CCC3)c(=O)cc2n1. The van der Waals surface area contributed by atoms with Gasteiger partial charge < -0.3 is 15.0 Å². The summed E-state index contributed by atoms with van der Waals surface area (Å²) >= 11 is 0. The molecule has 0 aliphatic heterocycles. The van der Waals surface area contributed by atoms with Crippen LogP contribution in [0.5, 0.6) is 0 Å². The third kappa shape index (κ3) is 3.45. The van der Waals surface area contributed by atoms with Gasteiger partial charge in [-0.25, -0.2) is 18.7 Å². The first kappa shape index (κ1) is 20.4. The Morgan fingerprint density at radius 1 is 1.20 bits per heavy atom. The standard InChI is InChI=1S/C22H24F2N4O2/c1-12-14(19(23)24)6-4-7-15(12)21(30)27-20-16-11-28(22(3)8-5-9-22)18(29)10-17(16)25-13(2)26-20/h4,6-7,10-11,19,21,30H,5,8-9H2,1-3H3,(H,25,26,27)/t21-/m1/s1. The fourth-order valence-electron chi connectivity index (χ4n) is 4.09. The van der Waals surface area contributed by atoms with E-state index in [1.807, 2.05) is 6.92 Å². The maximum Gasteiger partial charge on any atom is 0.264 e. The van der Waals surface area contributed by atoms with Crippen LogP contribution in [-0.4, -0.2) is 19.6 Å². The van der Waals surface area contributed by atoms with Gasteiger partial charge in [-0.3, -0.25) is 4.79 Å². The summed E-state index contributed by atoms with van der Waals surface area (Å²) < 4.78 is 28.2. The first-order valence-corrected chi connectivity index (χ1v) is 9.93. The minimum atomic E-state index is -2.63. The molecule has 0 unspecified atom stereocenters. The van der Waals surface area contributed by atoms with E-state index in [4.69, 9.17) is 0 Å². The minimum Gasteiger partial charge on any atom is -0.369 e. The van der Waals surface area contributed by atoms with Gasteiger partial charge in [0.05, 0.1) is 10.9 Å². The molecule has 158 valence electrons. The molecule has 1 atom stereocenters. The number of nitrogens with one attached hydrogen (secondary N) is 1. The maximum atomic E-state index is 13.2. The lowest BCUT2D eigenvalue weighted by atomic mass is 9.78. The zero-order valence-electron chi connectivity index (χ0n) is 17.1. The number of aryl methyl sites for hydroxylation is 1. The highest BCUT2D eigenvalue weighted by atomic mass is 19.3. The maximum absolute atomic E-state index is 13.2. The van der Waals surface area contributed by atoms with Crippen LogP contribution < -0.4 is 10.9 Å². The van der Waals surface area contributed by atoms with Crippen LogP contribution in [0.1, 0.15) is 61.4 Å². The molecule has 1 saturated carbocycles. The van der Waals surface area contributed by atoms with Crippen molar-refractivity contribution >= 4 is 16.7 Å². The molecule has 2 heterocycles. The number of benzene rings is 1. The number of anilines is 1. The predicted molar refractivity (Wildman–Crippen MR) is 111 cm³/mol. The van der Waals surface area contributed by atoms with Crippen molar-refractivity contribution in [2.24, 2.45) is 0 Å². The van der Waals surface area contributed by atoms with E-state index in [1.165, 1.54) is 18.2 Å². The molecule has 0 amide bonds. The first-order valence-electron chi connectivity index (χ1n) is 9.93. The Kier molecular flexibility index (Phi) is 5.05. The fraction of sp³-hybridized carbons (Fsp3) is 0.409. The van der Waals surface area contributed by atoms with Crippen molar-refractivity contribution in [3.8, 4) is 0 Å². The monoisotopic (exact) mass is 414 g/mol. The number of aromatic nitrogens is 3. The van der Waals surface area contributed by atoms with Crippen LogP contribution in [0.4, 0.5) is 14.6 Å². The summed E-state index contributed by atoms with van der Waals surface area (Å²) in [6, 6.07) is 5.92. The Morgan fingerprint density at radius 3 is 2.53 bits per heavy atom. The topological polar surface area (TPSA) is 80.0 Å². The third-order valence-corrected chi connectivity index (χ3v) is 6.08. The number of nitrogens with zero attached hydrogens (tertiary/aromatic N) is 3. The van der Waals surface area contributed by atoms with Crippen LogP contribution in [-0.2, 0) is 5.54 Å². The molecule has 0 spiro atoms. The summed E-state index contributed by atoms with van der Waals surface area (Å²) in [5.41, 5.74) is 0.643. The Bertz CT molecular complexity index is 1170. The molecule has 2 aromatic heterocycles. The average Bonchev–Trinajstić information content (AvgIpc) is 2.65. The second-order valence-corrected chi connectivity index (χ2v) is 8.16. The summed E-state index contributed by atoms with van der Waals surface area (Å²) in [5.74, 6) is 0.783. The average molecular weight is 414 g/mol. The van der Waals surface area contributed by atoms with Crippen molar-refractivity contribution < 1.29 is 13.9 Å². The lowest BCUT2D eigenvalue weighted by Gasteiger charge is -2.40. The summed E-state index contributed by atoms with van der Waals surface area (Å²) in [6.45, 7) is 5.29. The van der Waals surface area contributed by atoms with Crippen molar-refractivity contribution in [1.29, 1.82) is 0 Å². The van der Waals surface area contributed by atoms with Gasteiger partial charge in [0.25, 0.3) is 12.0 Å². The number of rotatable bonds is 5. The molecule has 3 aromatic rings. The van der Waals surface area contributed by atoms with E-state index >= 15 is 0 Å².